The quantitative estimate of drug-likeness (QED) is 0.683. The van der Waals surface area contributed by atoms with Gasteiger partial charge < -0.3 is 19.5 Å². The molecule has 1 saturated heterocycles. The Morgan fingerprint density at radius 1 is 1.03 bits per heavy atom. The fraction of sp³-hybridized carbons (Fsp3) is 0.348. The Morgan fingerprint density at radius 2 is 1.77 bits per heavy atom. The summed E-state index contributed by atoms with van der Waals surface area (Å²) >= 11 is 0. The molecule has 7 nitrogen and oxygen atoms in total. The van der Waals surface area contributed by atoms with Gasteiger partial charge in [0.1, 0.15) is 18.1 Å². The highest BCUT2D eigenvalue weighted by molar-refractivity contribution is 5.96. The first kappa shape index (κ1) is 19.9. The van der Waals surface area contributed by atoms with Crippen molar-refractivity contribution in [3.8, 4) is 5.75 Å². The maximum absolute atomic E-state index is 12.9. The number of benzene rings is 2. The zero-order valence-corrected chi connectivity index (χ0v) is 17.1. The number of methoxy groups -OCH3 is 1. The average Bonchev–Trinajstić information content (AvgIpc) is 3.15. The minimum atomic E-state index is -0.242. The van der Waals surface area contributed by atoms with Gasteiger partial charge in [-0.15, -0.1) is 0 Å². The predicted molar refractivity (Wildman–Crippen MR) is 114 cm³/mol. The maximum atomic E-state index is 12.9. The van der Waals surface area contributed by atoms with E-state index < -0.39 is 0 Å². The number of fused-ring (bicyclic) bond motifs is 1. The van der Waals surface area contributed by atoms with Crippen molar-refractivity contribution in [2.24, 2.45) is 0 Å². The molecule has 1 aliphatic heterocycles. The second-order valence-electron chi connectivity index (χ2n) is 7.43. The number of ether oxygens (including phenoxy) is 1. The van der Waals surface area contributed by atoms with Crippen LogP contribution in [-0.2, 0) is 17.9 Å². The molecule has 1 fully saturated rings. The molecule has 0 unspecified atom stereocenters. The summed E-state index contributed by atoms with van der Waals surface area (Å²) < 4.78 is 7.19. The van der Waals surface area contributed by atoms with E-state index >= 15 is 0 Å². The topological polar surface area (TPSA) is 76.5 Å². The zero-order valence-electron chi connectivity index (χ0n) is 17.1. The number of nitrogens with one attached hydrogen (secondary N) is 1. The summed E-state index contributed by atoms with van der Waals surface area (Å²) in [4.78, 5) is 32.2. The molecule has 2 heterocycles. The van der Waals surface area contributed by atoms with E-state index in [0.717, 1.165) is 37.0 Å². The van der Waals surface area contributed by atoms with E-state index in [-0.39, 0.29) is 24.9 Å². The molecular weight excluding hydrogens is 380 g/mol. The third-order valence-electron chi connectivity index (χ3n) is 5.49. The van der Waals surface area contributed by atoms with Gasteiger partial charge in [0.25, 0.3) is 5.91 Å². The third kappa shape index (κ3) is 4.15. The first-order valence-corrected chi connectivity index (χ1v) is 10.3. The minimum Gasteiger partial charge on any atom is -0.496 e. The maximum Gasteiger partial charge on any atom is 0.255 e. The number of imidazole rings is 1. The molecular formula is C23H26N4O3. The number of hydrogen-bond acceptors (Lipinski definition) is 4. The van der Waals surface area contributed by atoms with Gasteiger partial charge in [-0.25, -0.2) is 4.98 Å². The van der Waals surface area contributed by atoms with Gasteiger partial charge in [-0.05, 0) is 43.5 Å². The standard InChI is InChI=1S/C23H26N4O3/c1-30-20-12-6-3-9-17(20)23(29)24-15-21-25-18-10-4-5-11-19(18)27(21)16-22(28)26-13-7-2-8-14-26/h3-6,9-12H,2,7-8,13-16H2,1H3,(H,24,29). The second-order valence-corrected chi connectivity index (χ2v) is 7.43. The van der Waals surface area contributed by atoms with Gasteiger partial charge in [0.2, 0.25) is 5.91 Å². The summed E-state index contributed by atoms with van der Waals surface area (Å²) in [5.41, 5.74) is 2.17. The van der Waals surface area contributed by atoms with Crippen LogP contribution in [0.5, 0.6) is 5.75 Å². The molecule has 2 amide bonds. The third-order valence-corrected chi connectivity index (χ3v) is 5.49. The lowest BCUT2D eigenvalue weighted by molar-refractivity contribution is -0.132. The molecule has 1 aromatic heterocycles. The number of nitrogens with zero attached hydrogens (tertiary/aromatic N) is 3. The van der Waals surface area contributed by atoms with Gasteiger partial charge in [0.15, 0.2) is 0 Å². The van der Waals surface area contributed by atoms with Crippen LogP contribution in [0.3, 0.4) is 0 Å². The number of carbonyl (C=O) groups is 2. The zero-order chi connectivity index (χ0) is 20.9. The summed E-state index contributed by atoms with van der Waals surface area (Å²) in [7, 11) is 1.54. The molecule has 0 aliphatic carbocycles. The van der Waals surface area contributed by atoms with Crippen LogP contribution in [0, 0.1) is 0 Å². The number of likely N-dealkylation sites (tertiary alicyclic amines) is 1. The minimum absolute atomic E-state index is 0.0927. The number of rotatable bonds is 6. The first-order chi connectivity index (χ1) is 14.7. The van der Waals surface area contributed by atoms with E-state index in [0.29, 0.717) is 17.1 Å². The van der Waals surface area contributed by atoms with Gasteiger partial charge in [0, 0.05) is 13.1 Å². The molecule has 4 rings (SSSR count). The molecule has 30 heavy (non-hydrogen) atoms. The van der Waals surface area contributed by atoms with Crippen LogP contribution in [-0.4, -0.2) is 46.5 Å². The lowest BCUT2D eigenvalue weighted by Gasteiger charge is -2.27. The molecule has 0 spiro atoms. The number of piperidine rings is 1. The van der Waals surface area contributed by atoms with Crippen LogP contribution in [0.25, 0.3) is 11.0 Å². The lowest BCUT2D eigenvalue weighted by atomic mass is 10.1. The van der Waals surface area contributed by atoms with Crippen molar-refractivity contribution in [3.05, 3.63) is 59.9 Å². The molecule has 0 bridgehead atoms. The van der Waals surface area contributed by atoms with Gasteiger partial charge in [-0.2, -0.15) is 0 Å². The number of carbonyl (C=O) groups excluding carboxylic acids is 2. The predicted octanol–water partition coefficient (Wildman–Crippen LogP) is 2.99. The number of amides is 2. The van der Waals surface area contributed by atoms with Gasteiger partial charge >= 0.3 is 0 Å². The van der Waals surface area contributed by atoms with Crippen molar-refractivity contribution in [2.45, 2.75) is 32.4 Å². The van der Waals surface area contributed by atoms with Crippen molar-refractivity contribution < 1.29 is 14.3 Å². The van der Waals surface area contributed by atoms with E-state index in [9.17, 15) is 9.59 Å². The van der Waals surface area contributed by atoms with Crippen LogP contribution in [0.1, 0.15) is 35.4 Å². The van der Waals surface area contributed by atoms with Gasteiger partial charge in [0.05, 0.1) is 30.3 Å². The second kappa shape index (κ2) is 8.98. The number of aromatic nitrogens is 2. The molecule has 0 saturated carbocycles. The molecule has 1 N–H and O–H groups in total. The van der Waals surface area contributed by atoms with E-state index in [1.165, 1.54) is 13.5 Å². The monoisotopic (exact) mass is 406 g/mol. The largest absolute Gasteiger partial charge is 0.496 e. The molecule has 156 valence electrons. The summed E-state index contributed by atoms with van der Waals surface area (Å²) in [6.45, 7) is 2.07. The van der Waals surface area contributed by atoms with Crippen molar-refractivity contribution in [2.75, 3.05) is 20.2 Å². The van der Waals surface area contributed by atoms with Crippen molar-refractivity contribution in [1.82, 2.24) is 19.8 Å². The molecule has 0 atom stereocenters. The SMILES string of the molecule is COc1ccccc1C(=O)NCc1nc2ccccc2n1CC(=O)N1CCCCC1. The van der Waals surface area contributed by atoms with Crippen LogP contribution in [0.4, 0.5) is 0 Å². The van der Waals surface area contributed by atoms with Crippen LogP contribution < -0.4 is 10.1 Å². The first-order valence-electron chi connectivity index (χ1n) is 10.3. The Hall–Kier alpha value is -3.35. The van der Waals surface area contributed by atoms with Crippen molar-refractivity contribution >= 4 is 22.8 Å². The molecule has 7 heteroatoms. The molecule has 2 aromatic carbocycles. The van der Waals surface area contributed by atoms with E-state index in [1.54, 1.807) is 18.2 Å². The fourth-order valence-corrected chi connectivity index (χ4v) is 3.90. The Morgan fingerprint density at radius 3 is 2.57 bits per heavy atom. The van der Waals surface area contributed by atoms with Crippen molar-refractivity contribution in [3.63, 3.8) is 0 Å². The molecule has 0 radical (unpaired) electrons. The summed E-state index contributed by atoms with van der Waals surface area (Å²) in [5, 5.41) is 2.92. The lowest BCUT2D eigenvalue weighted by Crippen LogP contribution is -2.38. The normalized spacial score (nSPS) is 14.0. The van der Waals surface area contributed by atoms with Crippen molar-refractivity contribution in [1.29, 1.82) is 0 Å². The number of para-hydroxylation sites is 3. The fourth-order valence-electron chi connectivity index (χ4n) is 3.90. The van der Waals surface area contributed by atoms with Gasteiger partial charge in [-0.3, -0.25) is 9.59 Å². The van der Waals surface area contributed by atoms with E-state index in [4.69, 9.17) is 4.74 Å². The van der Waals surface area contributed by atoms with Crippen LogP contribution in [0.15, 0.2) is 48.5 Å². The Balaban J connectivity index is 1.55. The highest BCUT2D eigenvalue weighted by Crippen LogP contribution is 2.19. The smallest absolute Gasteiger partial charge is 0.255 e. The van der Waals surface area contributed by atoms with Crippen LogP contribution in [0.2, 0.25) is 0 Å². The summed E-state index contributed by atoms with van der Waals surface area (Å²) in [5.74, 6) is 1.03. The summed E-state index contributed by atoms with van der Waals surface area (Å²) in [6.07, 6.45) is 3.29. The molecule has 1 aliphatic rings. The average molecular weight is 406 g/mol. The summed E-state index contributed by atoms with van der Waals surface area (Å²) in [6, 6.07) is 14.8. The highest BCUT2D eigenvalue weighted by Gasteiger charge is 2.20. The Labute approximate surface area is 175 Å². The van der Waals surface area contributed by atoms with E-state index in [1.807, 2.05) is 39.8 Å². The van der Waals surface area contributed by atoms with Gasteiger partial charge in [-0.1, -0.05) is 24.3 Å². The Kier molecular flexibility index (Phi) is 5.97. The molecule has 3 aromatic rings. The number of hydrogen-bond donors (Lipinski definition) is 1. The highest BCUT2D eigenvalue weighted by atomic mass is 16.5. The van der Waals surface area contributed by atoms with Crippen LogP contribution >= 0.6 is 0 Å². The Bertz CT molecular complexity index is 1050. The van der Waals surface area contributed by atoms with E-state index in [2.05, 4.69) is 10.3 Å².